The number of aliphatic hydroxyl groups excluding tert-OH is 4. The topological polar surface area (TPSA) is 198 Å². The Balaban J connectivity index is 1.64. The summed E-state index contributed by atoms with van der Waals surface area (Å²) in [4.78, 5) is 46.0. The van der Waals surface area contributed by atoms with Gasteiger partial charge in [0.25, 0.3) is 0 Å². The molecule has 53 heavy (non-hydrogen) atoms. The van der Waals surface area contributed by atoms with Gasteiger partial charge in [-0.2, -0.15) is 0 Å². The van der Waals surface area contributed by atoms with E-state index in [0.717, 1.165) is 62.7 Å². The predicted octanol–water partition coefficient (Wildman–Crippen LogP) is 1.86. The molecule has 0 spiro atoms. The summed E-state index contributed by atoms with van der Waals surface area (Å²) in [6.07, 6.45) is 10.4. The molecule has 5 rings (SSSR count). The lowest BCUT2D eigenvalue weighted by Gasteiger charge is -2.20. The molecule has 0 radical (unpaired) electrons. The van der Waals surface area contributed by atoms with Crippen LogP contribution in [0.5, 0.6) is 5.88 Å². The molecule has 2 aromatic heterocycles. The van der Waals surface area contributed by atoms with Crippen molar-refractivity contribution >= 4 is 47.5 Å². The Kier molecular flexibility index (Phi) is 13.2. The van der Waals surface area contributed by atoms with Crippen molar-refractivity contribution in [2.24, 2.45) is 9.98 Å². The third kappa shape index (κ3) is 8.71. The molecule has 0 atom stereocenters. The van der Waals surface area contributed by atoms with Crippen molar-refractivity contribution in [2.75, 3.05) is 52.6 Å². The quantitative estimate of drug-likeness (QED) is 0.137. The van der Waals surface area contributed by atoms with E-state index in [-0.39, 0.29) is 83.1 Å². The van der Waals surface area contributed by atoms with E-state index in [9.17, 15) is 35.1 Å². The van der Waals surface area contributed by atoms with E-state index in [1.54, 1.807) is 0 Å². The van der Waals surface area contributed by atoms with Crippen molar-refractivity contribution in [3.63, 3.8) is 0 Å². The Morgan fingerprint density at radius 2 is 1.09 bits per heavy atom. The zero-order valence-electron chi connectivity index (χ0n) is 31.1. The molecule has 2 amide bonds. The van der Waals surface area contributed by atoms with Crippen LogP contribution in [0.1, 0.15) is 75.8 Å². The number of aliphatic imine (C=N–C) groups is 2. The number of hydrogen-bond donors (Lipinski definition) is 7. The third-order valence-electron chi connectivity index (χ3n) is 10.1. The van der Waals surface area contributed by atoms with Gasteiger partial charge in [0.05, 0.1) is 49.2 Å². The molecule has 13 nitrogen and oxygen atoms in total. The number of amides is 2. The summed E-state index contributed by atoms with van der Waals surface area (Å²) in [6, 6.07) is 1.83. The molecular weight excluding hydrogens is 676 g/mol. The van der Waals surface area contributed by atoms with Gasteiger partial charge in [0.2, 0.25) is 11.8 Å². The Bertz CT molecular complexity index is 2030. The van der Waals surface area contributed by atoms with Gasteiger partial charge < -0.3 is 45.3 Å². The van der Waals surface area contributed by atoms with E-state index in [1.165, 1.54) is 9.80 Å². The number of H-pyrrole nitrogens is 2. The fourth-order valence-corrected chi connectivity index (χ4v) is 7.30. The van der Waals surface area contributed by atoms with E-state index in [4.69, 9.17) is 9.98 Å². The highest BCUT2D eigenvalue weighted by Gasteiger charge is 2.25. The second-order valence-corrected chi connectivity index (χ2v) is 13.4. The van der Waals surface area contributed by atoms with Gasteiger partial charge in [-0.25, -0.2) is 9.98 Å². The molecule has 0 unspecified atom stereocenters. The highest BCUT2D eigenvalue weighted by atomic mass is 16.3. The maximum Gasteiger partial charge on any atom is 0.223 e. The summed E-state index contributed by atoms with van der Waals surface area (Å²) in [5, 5.41) is 50.7. The maximum absolute atomic E-state index is 13.2. The van der Waals surface area contributed by atoms with Crippen LogP contribution in [0.15, 0.2) is 49.7 Å². The lowest BCUT2D eigenvalue weighted by atomic mass is 9.98. The number of nitrogens with one attached hydrogen (secondary N) is 2. The number of carbonyl (C=O) groups is 2. The van der Waals surface area contributed by atoms with Gasteiger partial charge in [-0.05, 0) is 103 Å². The average Bonchev–Trinajstić information content (AvgIpc) is 3.83. The summed E-state index contributed by atoms with van der Waals surface area (Å²) in [5.41, 5.74) is 9.82. The van der Waals surface area contributed by atoms with Gasteiger partial charge in [0.1, 0.15) is 0 Å². The van der Waals surface area contributed by atoms with Crippen LogP contribution >= 0.6 is 0 Å². The number of rotatable bonds is 16. The number of aliphatic hydroxyl groups is 4. The molecule has 2 aromatic rings. The van der Waals surface area contributed by atoms with E-state index in [0.29, 0.717) is 41.2 Å². The number of fused-ring (bicyclic) bond motifs is 6. The molecule has 284 valence electrons. The first kappa shape index (κ1) is 39.4. The van der Waals surface area contributed by atoms with Gasteiger partial charge in [-0.15, -0.1) is 0 Å². The number of carbonyl (C=O) groups excluding carboxylic acids is 2. The molecule has 0 aliphatic carbocycles. The lowest BCUT2D eigenvalue weighted by Crippen LogP contribution is -2.35. The average molecular weight is 729 g/mol. The van der Waals surface area contributed by atoms with E-state index < -0.39 is 0 Å². The van der Waals surface area contributed by atoms with Crippen LogP contribution in [-0.2, 0) is 22.4 Å². The fraction of sp³-hybridized carbons (Fsp3) is 0.450. The van der Waals surface area contributed by atoms with Gasteiger partial charge in [0.15, 0.2) is 5.88 Å². The molecule has 8 bridgehead atoms. The highest BCUT2D eigenvalue weighted by molar-refractivity contribution is 6.24. The Morgan fingerprint density at radius 1 is 0.660 bits per heavy atom. The minimum absolute atomic E-state index is 0.0296. The zero-order chi connectivity index (χ0) is 38.2. The second kappa shape index (κ2) is 17.8. The molecule has 13 heteroatoms. The molecule has 0 aromatic carbocycles. The van der Waals surface area contributed by atoms with Crippen LogP contribution in [-0.4, -0.2) is 121 Å². The van der Waals surface area contributed by atoms with Crippen LogP contribution in [0, 0.1) is 0 Å². The largest absolute Gasteiger partial charge is 0.494 e. The molecule has 3 aliphatic rings. The number of aromatic nitrogens is 2. The number of hydrogen-bond acceptors (Lipinski definition) is 9. The summed E-state index contributed by atoms with van der Waals surface area (Å²) in [6.45, 7) is 7.97. The molecule has 7 N–H and O–H groups in total. The predicted molar refractivity (Wildman–Crippen MR) is 206 cm³/mol. The molecule has 0 saturated carbocycles. The lowest BCUT2D eigenvalue weighted by molar-refractivity contribution is -0.132. The molecule has 5 heterocycles. The molecule has 0 saturated heterocycles. The summed E-state index contributed by atoms with van der Waals surface area (Å²) in [7, 11) is 0. The first-order valence-corrected chi connectivity index (χ1v) is 18.4. The van der Waals surface area contributed by atoms with Gasteiger partial charge >= 0.3 is 0 Å². The first-order chi connectivity index (χ1) is 25.6. The number of nitrogens with zero attached hydrogens (tertiary/aromatic N) is 4. The SMILES string of the molecule is CCc1c(CC)c2[nH]c1=CC1=NC(=Cc3cc(c(O)[nH]3)C=C3N=C(C=2)C(CCC(=O)N(CCO)CCO)=C3C)C(C)=C1CCC(=O)N(CCO)CCO. The Morgan fingerprint density at radius 3 is 1.51 bits per heavy atom. The fourth-order valence-electron chi connectivity index (χ4n) is 7.30. The summed E-state index contributed by atoms with van der Waals surface area (Å²) >= 11 is 0. The zero-order valence-corrected chi connectivity index (χ0v) is 31.1. The van der Waals surface area contributed by atoms with Crippen molar-refractivity contribution in [1.82, 2.24) is 19.8 Å². The second-order valence-electron chi connectivity index (χ2n) is 13.4. The minimum atomic E-state index is -0.194. The van der Waals surface area contributed by atoms with E-state index in [1.807, 2.05) is 44.2 Å². The van der Waals surface area contributed by atoms with Crippen LogP contribution in [0.3, 0.4) is 0 Å². The third-order valence-corrected chi connectivity index (χ3v) is 10.1. The van der Waals surface area contributed by atoms with Gasteiger partial charge in [-0.1, -0.05) is 13.8 Å². The maximum atomic E-state index is 13.2. The summed E-state index contributed by atoms with van der Waals surface area (Å²) in [5.74, 6) is -0.367. The van der Waals surface area contributed by atoms with Crippen molar-refractivity contribution < 1.29 is 35.1 Å². The Labute approximate surface area is 309 Å². The normalized spacial score (nSPS) is 15.2. The van der Waals surface area contributed by atoms with Crippen molar-refractivity contribution in [1.29, 1.82) is 0 Å². The molecular formula is C40H52N6O7. The van der Waals surface area contributed by atoms with Crippen LogP contribution in [0.4, 0.5) is 0 Å². The van der Waals surface area contributed by atoms with Crippen molar-refractivity contribution in [3.05, 3.63) is 72.8 Å². The van der Waals surface area contributed by atoms with Crippen molar-refractivity contribution in [3.8, 4) is 5.88 Å². The van der Waals surface area contributed by atoms with Gasteiger partial charge in [0, 0.05) is 61.0 Å². The standard InChI is InChI=1S/C40H52N6O7/c1-5-28-29(6-2)35-23-37-31(8-10-39(52)46(13-17-49)14-18-50)25(4)33(43-37)21-27-19-26(40(53)41-27)20-32-24(3)30(36(42-32)22-34(28)44-35)7-9-38(51)45(11-15-47)12-16-48/h19-23,41,44,47-50,53H,5-18H2,1-4H3. The van der Waals surface area contributed by atoms with E-state index in [2.05, 4.69) is 23.8 Å². The number of aromatic hydroxyl groups is 1. The van der Waals surface area contributed by atoms with E-state index >= 15 is 0 Å². The van der Waals surface area contributed by atoms with Crippen molar-refractivity contribution in [2.45, 2.75) is 66.2 Å². The monoisotopic (exact) mass is 728 g/mol. The van der Waals surface area contributed by atoms with Crippen LogP contribution < -0.4 is 10.7 Å². The highest BCUT2D eigenvalue weighted by Crippen LogP contribution is 2.35. The van der Waals surface area contributed by atoms with Crippen LogP contribution in [0.25, 0.3) is 24.3 Å². The minimum Gasteiger partial charge on any atom is -0.494 e. The first-order valence-electron chi connectivity index (χ1n) is 18.4. The number of allylic oxidation sites excluding steroid dienone is 4. The van der Waals surface area contributed by atoms with Crippen LogP contribution in [0.2, 0.25) is 0 Å². The Hall–Kier alpha value is -4.82. The smallest absolute Gasteiger partial charge is 0.223 e. The number of aromatic amines is 2. The molecule has 3 aliphatic heterocycles. The summed E-state index contributed by atoms with van der Waals surface area (Å²) < 4.78 is 0. The van der Waals surface area contributed by atoms with Gasteiger partial charge in [-0.3, -0.25) is 9.59 Å². The molecule has 0 fully saturated rings.